The number of aromatic nitrogens is 1. The number of thioether (sulfide) groups is 1. The van der Waals surface area contributed by atoms with Crippen LogP contribution in [0, 0.1) is 0 Å². The highest BCUT2D eigenvalue weighted by molar-refractivity contribution is 8.00. The Hall–Kier alpha value is -1.67. The molecule has 2 heterocycles. The number of hydrogen-bond acceptors (Lipinski definition) is 4. The molecule has 0 aromatic carbocycles. The molecule has 0 fully saturated rings. The first-order chi connectivity index (χ1) is 10.8. The minimum absolute atomic E-state index is 0.00922. The molecule has 0 aliphatic rings. The van der Waals surface area contributed by atoms with Gasteiger partial charge in [-0.05, 0) is 18.2 Å². The van der Waals surface area contributed by atoms with Gasteiger partial charge in [-0.2, -0.15) is 13.2 Å². The maximum absolute atomic E-state index is 12.5. The van der Waals surface area contributed by atoms with Crippen LogP contribution in [0.1, 0.15) is 11.3 Å². The smallest absolute Gasteiger partial charge is 0.417 e. The first kappa shape index (κ1) is 17.7. The van der Waals surface area contributed by atoms with Crippen molar-refractivity contribution in [2.45, 2.75) is 17.7 Å². The van der Waals surface area contributed by atoms with E-state index in [0.717, 1.165) is 17.8 Å². The molecule has 2 rings (SSSR count). The van der Waals surface area contributed by atoms with Crippen molar-refractivity contribution in [3.63, 3.8) is 0 Å². The fourth-order valence-corrected chi connectivity index (χ4v) is 2.79. The van der Waals surface area contributed by atoms with Crippen LogP contribution in [0.15, 0.2) is 40.1 Å². The molecule has 4 nitrogen and oxygen atoms in total. The van der Waals surface area contributed by atoms with E-state index in [-0.39, 0.29) is 21.7 Å². The van der Waals surface area contributed by atoms with Gasteiger partial charge in [-0.3, -0.25) is 4.79 Å². The summed E-state index contributed by atoms with van der Waals surface area (Å²) >= 11 is 6.77. The molecule has 0 radical (unpaired) electrons. The second-order valence-corrected chi connectivity index (χ2v) is 6.00. The van der Waals surface area contributed by atoms with Crippen LogP contribution in [0.25, 0.3) is 0 Å². The summed E-state index contributed by atoms with van der Waals surface area (Å²) in [6.45, 7) is 0.306. The fourth-order valence-electron chi connectivity index (χ4n) is 1.65. The predicted molar refractivity (Wildman–Crippen MR) is 80.2 cm³/mol. The lowest BCUT2D eigenvalue weighted by molar-refractivity contribution is -0.138. The number of alkyl halides is 3. The molecule has 0 atom stereocenters. The highest BCUT2D eigenvalue weighted by Crippen LogP contribution is 2.33. The molecule has 23 heavy (non-hydrogen) atoms. The van der Waals surface area contributed by atoms with Crippen LogP contribution in [-0.4, -0.2) is 28.6 Å². The number of rotatable bonds is 5. The summed E-state index contributed by atoms with van der Waals surface area (Å²) in [5, 5.41) is 0.0470. The van der Waals surface area contributed by atoms with Crippen LogP contribution in [0.4, 0.5) is 13.2 Å². The third kappa shape index (κ3) is 4.90. The minimum atomic E-state index is -4.50. The molecular weight excluding hydrogens is 353 g/mol. The largest absolute Gasteiger partial charge is 0.467 e. The van der Waals surface area contributed by atoms with Gasteiger partial charge in [-0.25, -0.2) is 4.98 Å². The molecule has 0 N–H and O–H groups in total. The zero-order valence-electron chi connectivity index (χ0n) is 11.9. The monoisotopic (exact) mass is 364 g/mol. The summed E-state index contributed by atoms with van der Waals surface area (Å²) < 4.78 is 42.7. The van der Waals surface area contributed by atoms with Crippen molar-refractivity contribution in [2.24, 2.45) is 0 Å². The third-order valence-electron chi connectivity index (χ3n) is 2.87. The number of nitrogens with zero attached hydrogens (tertiary/aromatic N) is 2. The predicted octanol–water partition coefficient (Wildman–Crippen LogP) is 4.10. The lowest BCUT2D eigenvalue weighted by Crippen LogP contribution is -2.27. The van der Waals surface area contributed by atoms with Gasteiger partial charge >= 0.3 is 6.18 Å². The van der Waals surface area contributed by atoms with Gasteiger partial charge in [0.1, 0.15) is 10.8 Å². The number of halogens is 4. The zero-order valence-corrected chi connectivity index (χ0v) is 13.5. The Kier molecular flexibility index (Phi) is 5.59. The third-order valence-corrected chi connectivity index (χ3v) is 4.26. The van der Waals surface area contributed by atoms with E-state index in [1.165, 1.54) is 11.2 Å². The maximum atomic E-state index is 12.5. The molecular formula is C14H12ClF3N2O2S. The quantitative estimate of drug-likeness (QED) is 0.749. The van der Waals surface area contributed by atoms with Crippen molar-refractivity contribution in [3.8, 4) is 0 Å². The summed E-state index contributed by atoms with van der Waals surface area (Å²) in [6, 6.07) is 4.26. The highest BCUT2D eigenvalue weighted by atomic mass is 35.5. The van der Waals surface area contributed by atoms with E-state index < -0.39 is 11.7 Å². The molecule has 2 aromatic heterocycles. The number of furan rings is 1. The summed E-state index contributed by atoms with van der Waals surface area (Å²) in [5.41, 5.74) is -0.923. The maximum Gasteiger partial charge on any atom is 0.417 e. The molecule has 2 aromatic rings. The van der Waals surface area contributed by atoms with Crippen LogP contribution in [-0.2, 0) is 17.5 Å². The molecule has 124 valence electrons. The normalized spacial score (nSPS) is 11.5. The van der Waals surface area contributed by atoms with Crippen LogP contribution in [0.5, 0.6) is 0 Å². The Morgan fingerprint density at radius 1 is 1.48 bits per heavy atom. The second-order valence-electron chi connectivity index (χ2n) is 4.63. The van der Waals surface area contributed by atoms with Gasteiger partial charge in [0.2, 0.25) is 5.91 Å². The van der Waals surface area contributed by atoms with Crippen molar-refractivity contribution in [1.29, 1.82) is 0 Å². The standard InChI is InChI=1S/C14H12ClF3N2O2S/c1-20(7-10-3-2-4-22-10)12(21)8-23-13-11(15)5-9(6-19-13)14(16,17)18/h2-6H,7-8H2,1H3. The molecule has 0 aliphatic heterocycles. The molecule has 0 saturated carbocycles. The van der Waals surface area contributed by atoms with E-state index in [4.69, 9.17) is 16.0 Å². The Morgan fingerprint density at radius 2 is 2.22 bits per heavy atom. The zero-order chi connectivity index (χ0) is 17.0. The van der Waals surface area contributed by atoms with Crippen LogP contribution >= 0.6 is 23.4 Å². The van der Waals surface area contributed by atoms with Gasteiger partial charge in [0, 0.05) is 13.2 Å². The lowest BCUT2D eigenvalue weighted by atomic mass is 10.3. The average Bonchev–Trinajstić information content (AvgIpc) is 2.97. The number of carbonyl (C=O) groups is 1. The first-order valence-electron chi connectivity index (χ1n) is 6.39. The number of hydrogen-bond donors (Lipinski definition) is 0. The fraction of sp³-hybridized carbons (Fsp3) is 0.286. The van der Waals surface area contributed by atoms with Crippen molar-refractivity contribution in [1.82, 2.24) is 9.88 Å². The minimum Gasteiger partial charge on any atom is -0.467 e. The van der Waals surface area contributed by atoms with Crippen molar-refractivity contribution in [2.75, 3.05) is 12.8 Å². The Balaban J connectivity index is 1.93. The molecule has 0 saturated heterocycles. The summed E-state index contributed by atoms with van der Waals surface area (Å²) in [7, 11) is 1.60. The van der Waals surface area contributed by atoms with Gasteiger partial charge in [-0.1, -0.05) is 23.4 Å². The topological polar surface area (TPSA) is 46.3 Å². The second kappa shape index (κ2) is 7.27. The van der Waals surface area contributed by atoms with Crippen molar-refractivity contribution in [3.05, 3.63) is 47.0 Å². The summed E-state index contributed by atoms with van der Waals surface area (Å²) in [5.74, 6) is 0.427. The van der Waals surface area contributed by atoms with Gasteiger partial charge in [0.25, 0.3) is 0 Å². The average molecular weight is 365 g/mol. The molecule has 1 amide bonds. The molecule has 0 spiro atoms. The summed E-state index contributed by atoms with van der Waals surface area (Å²) in [4.78, 5) is 17.1. The molecule has 0 aliphatic carbocycles. The number of amides is 1. The van der Waals surface area contributed by atoms with E-state index >= 15 is 0 Å². The van der Waals surface area contributed by atoms with Crippen LogP contribution < -0.4 is 0 Å². The van der Waals surface area contributed by atoms with Gasteiger partial charge in [0.15, 0.2) is 0 Å². The Bertz CT molecular complexity index is 677. The van der Waals surface area contributed by atoms with E-state index in [1.807, 2.05) is 0 Å². The van der Waals surface area contributed by atoms with E-state index in [1.54, 1.807) is 19.2 Å². The number of carbonyl (C=O) groups excluding carboxylic acids is 1. The SMILES string of the molecule is CN(Cc1ccco1)C(=O)CSc1ncc(C(F)(F)F)cc1Cl. The lowest BCUT2D eigenvalue weighted by Gasteiger charge is -2.15. The van der Waals surface area contributed by atoms with Crippen molar-refractivity contribution < 1.29 is 22.4 Å². The van der Waals surface area contributed by atoms with E-state index in [9.17, 15) is 18.0 Å². The number of pyridine rings is 1. The van der Waals surface area contributed by atoms with Gasteiger partial charge in [-0.15, -0.1) is 0 Å². The first-order valence-corrected chi connectivity index (χ1v) is 7.75. The summed E-state index contributed by atoms with van der Waals surface area (Å²) in [6.07, 6.45) is -2.29. The Labute approximate surface area is 139 Å². The van der Waals surface area contributed by atoms with E-state index in [0.29, 0.717) is 18.5 Å². The van der Waals surface area contributed by atoms with E-state index in [2.05, 4.69) is 4.98 Å². The van der Waals surface area contributed by atoms with Gasteiger partial charge in [0.05, 0.1) is 29.1 Å². The Morgan fingerprint density at radius 3 is 2.78 bits per heavy atom. The van der Waals surface area contributed by atoms with Crippen LogP contribution in [0.2, 0.25) is 5.02 Å². The molecule has 0 unspecified atom stereocenters. The molecule has 0 bridgehead atoms. The van der Waals surface area contributed by atoms with Crippen molar-refractivity contribution >= 4 is 29.3 Å². The van der Waals surface area contributed by atoms with Crippen LogP contribution in [0.3, 0.4) is 0 Å². The van der Waals surface area contributed by atoms with Gasteiger partial charge < -0.3 is 9.32 Å². The molecule has 9 heteroatoms. The highest BCUT2D eigenvalue weighted by Gasteiger charge is 2.31.